The van der Waals surface area contributed by atoms with Crippen LogP contribution < -0.4 is 10.5 Å². The van der Waals surface area contributed by atoms with Crippen molar-refractivity contribution in [3.63, 3.8) is 0 Å². The number of carbonyl (C=O) groups is 2. The second-order valence-electron chi connectivity index (χ2n) is 7.45. The van der Waals surface area contributed by atoms with E-state index in [1.54, 1.807) is 0 Å². The molecule has 0 fully saturated rings. The number of hydrogen-bond acceptors (Lipinski definition) is 5. The van der Waals surface area contributed by atoms with E-state index in [1.807, 2.05) is 76.2 Å². The van der Waals surface area contributed by atoms with Crippen LogP contribution in [0.4, 0.5) is 0 Å². The number of para-hydroxylation sites is 1. The van der Waals surface area contributed by atoms with E-state index in [4.69, 9.17) is 15.2 Å². The van der Waals surface area contributed by atoms with Crippen molar-refractivity contribution in [3.8, 4) is 5.75 Å². The Morgan fingerprint density at radius 3 is 2.00 bits per heavy atom. The van der Waals surface area contributed by atoms with Gasteiger partial charge in [-0.1, -0.05) is 76.2 Å². The maximum Gasteiger partial charge on any atom is 0.349 e. The van der Waals surface area contributed by atoms with Crippen LogP contribution in [-0.2, 0) is 20.7 Å². The van der Waals surface area contributed by atoms with Gasteiger partial charge in [0.15, 0.2) is 6.61 Å². The minimum absolute atomic E-state index is 0.198. The van der Waals surface area contributed by atoms with Gasteiger partial charge in [-0.05, 0) is 34.9 Å². The predicted molar refractivity (Wildman–Crippen MR) is 109 cm³/mol. The molecule has 2 aromatic rings. The van der Waals surface area contributed by atoms with Crippen molar-refractivity contribution >= 4 is 11.9 Å². The highest BCUT2D eigenvalue weighted by Crippen LogP contribution is 2.34. The number of esters is 2. The fraction of sp³-hybridized carbons (Fsp3) is 0.391. The quantitative estimate of drug-likeness (QED) is 0.551. The summed E-state index contributed by atoms with van der Waals surface area (Å²) < 4.78 is 10.7. The number of rotatable bonds is 8. The minimum Gasteiger partial charge on any atom is -0.452 e. The third-order valence-electron chi connectivity index (χ3n) is 4.47. The number of hydrogen-bond donors (Lipinski definition) is 1. The molecule has 1 atom stereocenters. The van der Waals surface area contributed by atoms with Crippen molar-refractivity contribution in [2.75, 3.05) is 6.61 Å². The smallest absolute Gasteiger partial charge is 0.349 e. The summed E-state index contributed by atoms with van der Waals surface area (Å²) in [5, 5.41) is 0. The highest BCUT2D eigenvalue weighted by atomic mass is 16.6. The van der Waals surface area contributed by atoms with Crippen LogP contribution in [0.15, 0.2) is 48.5 Å². The van der Waals surface area contributed by atoms with Crippen LogP contribution in [0.3, 0.4) is 0 Å². The van der Waals surface area contributed by atoms with E-state index in [9.17, 15) is 9.59 Å². The Morgan fingerprint density at radius 1 is 0.893 bits per heavy atom. The zero-order valence-corrected chi connectivity index (χ0v) is 17.0. The molecule has 0 aliphatic rings. The van der Waals surface area contributed by atoms with Gasteiger partial charge in [-0.2, -0.15) is 0 Å². The first-order valence-electron chi connectivity index (χ1n) is 9.59. The van der Waals surface area contributed by atoms with Crippen LogP contribution in [0.2, 0.25) is 0 Å². The normalized spacial score (nSPS) is 12.1. The van der Waals surface area contributed by atoms with Crippen LogP contribution in [0, 0.1) is 0 Å². The highest BCUT2D eigenvalue weighted by Gasteiger charge is 2.21. The maximum absolute atomic E-state index is 12.3. The van der Waals surface area contributed by atoms with E-state index >= 15 is 0 Å². The van der Waals surface area contributed by atoms with Gasteiger partial charge in [0.05, 0.1) is 0 Å². The molecule has 5 nitrogen and oxygen atoms in total. The van der Waals surface area contributed by atoms with Gasteiger partial charge < -0.3 is 15.2 Å². The van der Waals surface area contributed by atoms with Crippen molar-refractivity contribution < 1.29 is 19.1 Å². The van der Waals surface area contributed by atoms with Gasteiger partial charge in [-0.15, -0.1) is 0 Å². The number of benzene rings is 2. The van der Waals surface area contributed by atoms with Gasteiger partial charge in [0.1, 0.15) is 11.8 Å². The van der Waals surface area contributed by atoms with E-state index in [0.29, 0.717) is 12.2 Å². The Bertz CT molecular complexity index is 773. The number of ether oxygens (including phenoxy) is 2. The second-order valence-corrected chi connectivity index (χ2v) is 7.45. The molecule has 2 N–H and O–H groups in total. The predicted octanol–water partition coefficient (Wildman–Crippen LogP) is 3.95. The lowest BCUT2D eigenvalue weighted by molar-refractivity contribution is -0.154. The standard InChI is InChI=1S/C23H29NO4/c1-15(2)18-11-8-12-19(16(3)4)22(18)28-21(25)14-27-23(26)20(24)13-17-9-6-5-7-10-17/h5-12,15-16,20H,13-14,24H2,1-4H3/t20-/m1/s1. The Morgan fingerprint density at radius 2 is 1.46 bits per heavy atom. The third kappa shape index (κ3) is 5.92. The van der Waals surface area contributed by atoms with E-state index in [-0.39, 0.29) is 11.8 Å². The molecule has 0 aromatic heterocycles. The van der Waals surface area contributed by atoms with Gasteiger partial charge in [-0.3, -0.25) is 4.79 Å². The second kappa shape index (κ2) is 10.0. The molecule has 0 spiro atoms. The van der Waals surface area contributed by atoms with Crippen LogP contribution in [-0.4, -0.2) is 24.6 Å². The van der Waals surface area contributed by atoms with E-state index in [0.717, 1.165) is 16.7 Å². The summed E-state index contributed by atoms with van der Waals surface area (Å²) in [6, 6.07) is 14.4. The first-order chi connectivity index (χ1) is 13.3. The molecule has 0 bridgehead atoms. The average molecular weight is 383 g/mol. The SMILES string of the molecule is CC(C)c1cccc(C(C)C)c1OC(=O)COC(=O)[C@H](N)Cc1ccccc1. The van der Waals surface area contributed by atoms with Gasteiger partial charge in [0.25, 0.3) is 0 Å². The van der Waals surface area contributed by atoms with Gasteiger partial charge in [0, 0.05) is 0 Å². The summed E-state index contributed by atoms with van der Waals surface area (Å²) in [7, 11) is 0. The minimum atomic E-state index is -0.829. The molecule has 28 heavy (non-hydrogen) atoms. The molecule has 5 heteroatoms. The summed E-state index contributed by atoms with van der Waals surface area (Å²) in [6.45, 7) is 7.70. The third-order valence-corrected chi connectivity index (χ3v) is 4.47. The first kappa shape index (κ1) is 21.6. The van der Waals surface area contributed by atoms with Crippen molar-refractivity contribution in [3.05, 3.63) is 65.2 Å². The molecule has 0 saturated carbocycles. The zero-order valence-electron chi connectivity index (χ0n) is 17.0. The fourth-order valence-corrected chi connectivity index (χ4v) is 2.93. The summed E-state index contributed by atoms with van der Waals surface area (Å²) >= 11 is 0. The molecular formula is C23H29NO4. The van der Waals surface area contributed by atoms with Crippen LogP contribution >= 0.6 is 0 Å². The topological polar surface area (TPSA) is 78.6 Å². The Kier molecular flexibility index (Phi) is 7.76. The Balaban J connectivity index is 1.98. The lowest BCUT2D eigenvalue weighted by Gasteiger charge is -2.19. The van der Waals surface area contributed by atoms with Gasteiger partial charge in [0.2, 0.25) is 0 Å². The summed E-state index contributed by atoms with van der Waals surface area (Å²) in [4.78, 5) is 24.4. The molecule has 2 aromatic carbocycles. The van der Waals surface area contributed by atoms with Crippen LogP contribution in [0.25, 0.3) is 0 Å². The molecule has 0 aliphatic carbocycles. The number of carbonyl (C=O) groups excluding carboxylic acids is 2. The van der Waals surface area contributed by atoms with Crippen molar-refractivity contribution in [1.29, 1.82) is 0 Å². The monoisotopic (exact) mass is 383 g/mol. The van der Waals surface area contributed by atoms with E-state index in [1.165, 1.54) is 0 Å². The molecule has 150 valence electrons. The zero-order chi connectivity index (χ0) is 20.7. The summed E-state index contributed by atoms with van der Waals surface area (Å²) in [5.74, 6) is -0.286. The van der Waals surface area contributed by atoms with E-state index < -0.39 is 24.6 Å². The van der Waals surface area contributed by atoms with Crippen molar-refractivity contribution in [2.45, 2.75) is 52.0 Å². The van der Waals surface area contributed by atoms with Crippen LogP contribution in [0.5, 0.6) is 5.75 Å². The fourth-order valence-electron chi connectivity index (χ4n) is 2.93. The Labute approximate surface area is 166 Å². The van der Waals surface area contributed by atoms with Gasteiger partial charge in [-0.25, -0.2) is 4.79 Å². The Hall–Kier alpha value is -2.66. The first-order valence-corrected chi connectivity index (χ1v) is 9.59. The lowest BCUT2D eigenvalue weighted by atomic mass is 9.94. The largest absolute Gasteiger partial charge is 0.452 e. The summed E-state index contributed by atoms with van der Waals surface area (Å²) in [6.07, 6.45) is 0.350. The molecule has 0 amide bonds. The summed E-state index contributed by atoms with van der Waals surface area (Å²) in [5.41, 5.74) is 8.72. The molecule has 0 saturated heterocycles. The highest BCUT2D eigenvalue weighted by molar-refractivity contribution is 5.81. The molecule has 0 unspecified atom stereocenters. The van der Waals surface area contributed by atoms with Crippen molar-refractivity contribution in [2.24, 2.45) is 5.73 Å². The van der Waals surface area contributed by atoms with Crippen molar-refractivity contribution in [1.82, 2.24) is 0 Å². The molecular weight excluding hydrogens is 354 g/mol. The van der Waals surface area contributed by atoms with E-state index in [2.05, 4.69) is 0 Å². The molecule has 2 rings (SSSR count). The maximum atomic E-state index is 12.3. The molecule has 0 heterocycles. The average Bonchev–Trinajstić information content (AvgIpc) is 2.66. The van der Waals surface area contributed by atoms with Gasteiger partial charge >= 0.3 is 11.9 Å². The number of nitrogens with two attached hydrogens (primary N) is 1. The molecule has 0 aliphatic heterocycles. The molecule has 0 radical (unpaired) electrons. The lowest BCUT2D eigenvalue weighted by Crippen LogP contribution is -2.36. The van der Waals surface area contributed by atoms with Crippen LogP contribution in [0.1, 0.15) is 56.2 Å².